The first-order chi connectivity index (χ1) is 7.56. The van der Waals surface area contributed by atoms with Crippen LogP contribution in [0.25, 0.3) is 0 Å². The second kappa shape index (κ2) is 5.83. The number of imidazole rings is 1. The van der Waals surface area contributed by atoms with Crippen molar-refractivity contribution in [3.8, 4) is 0 Å². The lowest BCUT2D eigenvalue weighted by Crippen LogP contribution is -2.16. The number of hydrogen-bond acceptors (Lipinski definition) is 6. The van der Waals surface area contributed by atoms with E-state index in [1.165, 1.54) is 25.2 Å². The molecule has 0 saturated heterocycles. The van der Waals surface area contributed by atoms with Crippen molar-refractivity contribution in [2.45, 2.75) is 11.1 Å². The van der Waals surface area contributed by atoms with E-state index in [9.17, 15) is 15.2 Å². The summed E-state index contributed by atoms with van der Waals surface area (Å²) in [6.07, 6.45) is 0.730. The number of rotatable bonds is 6. The predicted molar refractivity (Wildman–Crippen MR) is 58.5 cm³/mol. The number of aryl methyl sites for hydroxylation is 1. The van der Waals surface area contributed by atoms with E-state index in [1.54, 1.807) is 11.6 Å². The van der Waals surface area contributed by atoms with Gasteiger partial charge in [0.25, 0.3) is 0 Å². The van der Waals surface area contributed by atoms with Gasteiger partial charge in [0.05, 0.1) is 12.7 Å². The number of methoxy groups -OCH3 is 1. The fourth-order valence-corrected chi connectivity index (χ4v) is 2.07. The molecule has 1 atom stereocenters. The minimum absolute atomic E-state index is 0.183. The molecule has 7 nitrogen and oxygen atoms in total. The van der Waals surface area contributed by atoms with Crippen LogP contribution in [0.3, 0.4) is 0 Å². The average molecular weight is 247 g/mol. The summed E-state index contributed by atoms with van der Waals surface area (Å²) in [7, 11) is 3.16. The number of nitrogens with zero attached hydrogens (tertiary/aromatic N) is 3. The molecule has 0 saturated carbocycles. The maximum Gasteiger partial charge on any atom is 0.395 e. The van der Waals surface area contributed by atoms with Crippen molar-refractivity contribution in [3.05, 3.63) is 16.4 Å². The lowest BCUT2D eigenvalue weighted by molar-refractivity contribution is -0.392. The van der Waals surface area contributed by atoms with Gasteiger partial charge in [-0.1, -0.05) is 11.8 Å². The third-order valence-corrected chi connectivity index (χ3v) is 3.10. The first-order valence-electron chi connectivity index (χ1n) is 4.51. The number of ether oxygens (including phenoxy) is 1. The summed E-state index contributed by atoms with van der Waals surface area (Å²) >= 11 is 1.19. The van der Waals surface area contributed by atoms with E-state index in [1.807, 2.05) is 0 Å². The summed E-state index contributed by atoms with van der Waals surface area (Å²) in [5.74, 6) is 0.144. The molecule has 1 aromatic heterocycles. The van der Waals surface area contributed by atoms with Gasteiger partial charge in [-0.15, -0.1) is 0 Å². The van der Waals surface area contributed by atoms with Gasteiger partial charge in [0.2, 0.25) is 6.33 Å². The van der Waals surface area contributed by atoms with E-state index in [-0.39, 0.29) is 12.4 Å². The SMILES string of the molecule is COCC(O)CSc1c([N+](=O)[O-])ncn1C. The van der Waals surface area contributed by atoms with Gasteiger partial charge in [-0.2, -0.15) is 0 Å². The van der Waals surface area contributed by atoms with Crippen LogP contribution in [-0.2, 0) is 11.8 Å². The summed E-state index contributed by atoms with van der Waals surface area (Å²) in [5.41, 5.74) is 0. The zero-order chi connectivity index (χ0) is 12.1. The van der Waals surface area contributed by atoms with Gasteiger partial charge in [0, 0.05) is 19.9 Å². The van der Waals surface area contributed by atoms with Gasteiger partial charge in [0.1, 0.15) is 0 Å². The fourth-order valence-electron chi connectivity index (χ4n) is 1.11. The Bertz CT molecular complexity index is 368. The van der Waals surface area contributed by atoms with Gasteiger partial charge in [-0.3, -0.25) is 0 Å². The largest absolute Gasteiger partial charge is 0.395 e. The number of hydrogen-bond donors (Lipinski definition) is 1. The number of thioether (sulfide) groups is 1. The summed E-state index contributed by atoms with van der Waals surface area (Å²) in [5, 5.41) is 20.5. The zero-order valence-corrected chi connectivity index (χ0v) is 9.81. The highest BCUT2D eigenvalue weighted by Gasteiger charge is 2.21. The summed E-state index contributed by atoms with van der Waals surface area (Å²) in [6.45, 7) is 0.207. The highest BCUT2D eigenvalue weighted by Crippen LogP contribution is 2.27. The van der Waals surface area contributed by atoms with E-state index in [0.29, 0.717) is 10.8 Å². The summed E-state index contributed by atoms with van der Waals surface area (Å²) in [6, 6.07) is 0. The Labute approximate surface area is 96.6 Å². The van der Waals surface area contributed by atoms with Crippen molar-refractivity contribution in [2.75, 3.05) is 19.5 Å². The molecule has 0 amide bonds. The van der Waals surface area contributed by atoms with E-state index < -0.39 is 11.0 Å². The lowest BCUT2D eigenvalue weighted by atomic mass is 10.4. The molecule has 0 aromatic carbocycles. The monoisotopic (exact) mass is 247 g/mol. The Balaban J connectivity index is 2.65. The molecule has 0 aliphatic heterocycles. The number of aliphatic hydroxyl groups is 1. The average Bonchev–Trinajstić information content (AvgIpc) is 2.57. The van der Waals surface area contributed by atoms with E-state index in [2.05, 4.69) is 4.98 Å². The normalized spacial score (nSPS) is 12.7. The van der Waals surface area contributed by atoms with E-state index in [0.717, 1.165) is 0 Å². The Hall–Kier alpha value is -1.12. The summed E-state index contributed by atoms with van der Waals surface area (Å²) < 4.78 is 6.32. The second-order valence-corrected chi connectivity index (χ2v) is 4.17. The van der Waals surface area contributed by atoms with E-state index >= 15 is 0 Å². The molecule has 1 heterocycles. The number of aromatic nitrogens is 2. The quantitative estimate of drug-likeness (QED) is 0.445. The molecular weight excluding hydrogens is 234 g/mol. The Morgan fingerprint density at radius 1 is 1.81 bits per heavy atom. The first kappa shape index (κ1) is 12.9. The molecule has 1 rings (SSSR count). The molecule has 1 N–H and O–H groups in total. The third kappa shape index (κ3) is 3.19. The van der Waals surface area contributed by atoms with Gasteiger partial charge in [0.15, 0.2) is 5.03 Å². The van der Waals surface area contributed by atoms with Crippen LogP contribution in [0, 0.1) is 10.1 Å². The molecular formula is C8H13N3O4S. The number of aliphatic hydroxyl groups excluding tert-OH is 1. The van der Waals surface area contributed by atoms with Crippen molar-refractivity contribution < 1.29 is 14.8 Å². The Morgan fingerprint density at radius 2 is 2.50 bits per heavy atom. The van der Waals surface area contributed by atoms with Crippen molar-refractivity contribution in [2.24, 2.45) is 7.05 Å². The topological polar surface area (TPSA) is 90.4 Å². The lowest BCUT2D eigenvalue weighted by Gasteiger charge is -2.08. The maximum atomic E-state index is 10.6. The molecule has 0 bridgehead atoms. The smallest absolute Gasteiger partial charge is 0.390 e. The second-order valence-electron chi connectivity index (χ2n) is 3.16. The van der Waals surface area contributed by atoms with E-state index in [4.69, 9.17) is 4.74 Å². The molecule has 1 unspecified atom stereocenters. The molecule has 90 valence electrons. The maximum absolute atomic E-state index is 10.6. The molecule has 0 spiro atoms. The van der Waals surface area contributed by atoms with Gasteiger partial charge in [-0.25, -0.2) is 0 Å². The third-order valence-electron chi connectivity index (χ3n) is 1.81. The molecule has 1 aromatic rings. The van der Waals surface area contributed by atoms with Crippen LogP contribution in [0.15, 0.2) is 11.4 Å². The van der Waals surface area contributed by atoms with Crippen LogP contribution in [0.4, 0.5) is 5.82 Å². The van der Waals surface area contributed by atoms with Gasteiger partial charge >= 0.3 is 5.82 Å². The highest BCUT2D eigenvalue weighted by molar-refractivity contribution is 7.99. The molecule has 0 aliphatic rings. The molecule has 8 heteroatoms. The number of nitro groups is 1. The Morgan fingerprint density at radius 3 is 3.06 bits per heavy atom. The van der Waals surface area contributed by atoms with Crippen LogP contribution in [0.2, 0.25) is 0 Å². The Kier molecular flexibility index (Phi) is 4.71. The molecule has 0 radical (unpaired) electrons. The fraction of sp³-hybridized carbons (Fsp3) is 0.625. The highest BCUT2D eigenvalue weighted by atomic mass is 32.2. The van der Waals surface area contributed by atoms with Crippen LogP contribution >= 0.6 is 11.8 Å². The van der Waals surface area contributed by atoms with Crippen molar-refractivity contribution in [1.29, 1.82) is 0 Å². The minimum Gasteiger partial charge on any atom is -0.390 e. The van der Waals surface area contributed by atoms with Crippen molar-refractivity contribution in [1.82, 2.24) is 9.55 Å². The molecule has 0 fully saturated rings. The van der Waals surface area contributed by atoms with Crippen molar-refractivity contribution in [3.63, 3.8) is 0 Å². The van der Waals surface area contributed by atoms with Crippen LogP contribution in [0.5, 0.6) is 0 Å². The van der Waals surface area contributed by atoms with Crippen LogP contribution in [0.1, 0.15) is 0 Å². The standard InChI is InChI=1S/C8H13N3O4S/c1-10-5-9-7(11(13)14)8(10)16-4-6(12)3-15-2/h5-6,12H,3-4H2,1-2H3. The molecule has 16 heavy (non-hydrogen) atoms. The van der Waals surface area contributed by atoms with Crippen LogP contribution in [-0.4, -0.2) is 45.2 Å². The van der Waals surface area contributed by atoms with Crippen LogP contribution < -0.4 is 0 Å². The van der Waals surface area contributed by atoms with Gasteiger partial charge in [-0.05, 0) is 9.91 Å². The first-order valence-corrected chi connectivity index (χ1v) is 5.50. The van der Waals surface area contributed by atoms with Crippen molar-refractivity contribution >= 4 is 17.6 Å². The minimum atomic E-state index is -0.649. The molecule has 0 aliphatic carbocycles. The summed E-state index contributed by atoms with van der Waals surface area (Å²) in [4.78, 5) is 13.8. The predicted octanol–water partition coefficient (Wildman–Crippen LogP) is 0.428. The van der Waals surface area contributed by atoms with Gasteiger partial charge < -0.3 is 24.5 Å². The zero-order valence-electron chi connectivity index (χ0n) is 8.99.